The van der Waals surface area contributed by atoms with Crippen molar-refractivity contribution in [2.75, 3.05) is 25.0 Å². The molecule has 0 spiro atoms. The Bertz CT molecular complexity index is 438. The van der Waals surface area contributed by atoms with Crippen molar-refractivity contribution in [1.29, 1.82) is 0 Å². The fraction of sp³-hybridized carbons (Fsp3) is 0.812. The summed E-state index contributed by atoms with van der Waals surface area (Å²) in [5.74, 6) is 1.45. The summed E-state index contributed by atoms with van der Waals surface area (Å²) in [6.07, 6.45) is 4.14. The number of hydrogen-bond acceptors (Lipinski definition) is 5. The average Bonchev–Trinajstić information content (AvgIpc) is 2.48. The zero-order chi connectivity index (χ0) is 15.2. The van der Waals surface area contributed by atoms with Crippen molar-refractivity contribution in [2.24, 2.45) is 5.92 Å². The van der Waals surface area contributed by atoms with Crippen LogP contribution in [0.5, 0.6) is 0 Å². The quantitative estimate of drug-likeness (QED) is 0.873. The lowest BCUT2D eigenvalue weighted by molar-refractivity contribution is 0.197. The third kappa shape index (κ3) is 4.63. The van der Waals surface area contributed by atoms with Gasteiger partial charge in [-0.2, -0.15) is 5.10 Å². The van der Waals surface area contributed by atoms with Gasteiger partial charge >= 0.3 is 0 Å². The number of aryl methyl sites for hydroxylation is 2. The van der Waals surface area contributed by atoms with Crippen LogP contribution in [0, 0.1) is 5.92 Å². The maximum absolute atomic E-state index is 4.63. The number of anilines is 1. The van der Waals surface area contributed by atoms with Gasteiger partial charge in [0.2, 0.25) is 5.95 Å². The van der Waals surface area contributed by atoms with E-state index in [1.54, 1.807) is 0 Å². The van der Waals surface area contributed by atoms with E-state index in [1.807, 2.05) is 0 Å². The number of aromatic nitrogens is 3. The van der Waals surface area contributed by atoms with Crippen molar-refractivity contribution in [1.82, 2.24) is 20.1 Å². The first-order valence-electron chi connectivity index (χ1n) is 8.33. The van der Waals surface area contributed by atoms with E-state index >= 15 is 0 Å². The number of nitrogens with one attached hydrogen (secondary N) is 1. The van der Waals surface area contributed by atoms with E-state index in [2.05, 4.69) is 53.1 Å². The molecule has 2 rings (SSSR count). The molecule has 0 aromatic carbocycles. The molecule has 1 aliphatic heterocycles. The van der Waals surface area contributed by atoms with E-state index in [0.29, 0.717) is 12.0 Å². The largest absolute Gasteiger partial charge is 0.350 e. The molecule has 0 saturated carbocycles. The smallest absolute Gasteiger partial charge is 0.243 e. The standard InChI is InChI=1S/C16H29N5/c1-5-14-15(6-2)19-20-16(18-14)17-13-7-9-21(10-8-13)11-12(3)4/h12-13H,5-11H2,1-4H3,(H,17,18,20). The second-order valence-electron chi connectivity index (χ2n) is 6.35. The first kappa shape index (κ1) is 16.1. The van der Waals surface area contributed by atoms with Gasteiger partial charge in [0.25, 0.3) is 0 Å². The van der Waals surface area contributed by atoms with Gasteiger partial charge in [0, 0.05) is 25.7 Å². The fourth-order valence-electron chi connectivity index (χ4n) is 2.96. The molecule has 1 N–H and O–H groups in total. The van der Waals surface area contributed by atoms with Crippen molar-refractivity contribution < 1.29 is 0 Å². The van der Waals surface area contributed by atoms with Crippen LogP contribution in [0.2, 0.25) is 0 Å². The molecule has 0 amide bonds. The average molecular weight is 291 g/mol. The highest BCUT2D eigenvalue weighted by Crippen LogP contribution is 2.16. The monoisotopic (exact) mass is 291 g/mol. The first-order chi connectivity index (χ1) is 10.1. The van der Waals surface area contributed by atoms with Crippen LogP contribution in [0.3, 0.4) is 0 Å². The molecular weight excluding hydrogens is 262 g/mol. The van der Waals surface area contributed by atoms with Crippen molar-refractivity contribution in [2.45, 2.75) is 59.4 Å². The molecule has 1 aliphatic rings. The summed E-state index contributed by atoms with van der Waals surface area (Å²) >= 11 is 0. The Morgan fingerprint density at radius 2 is 1.76 bits per heavy atom. The van der Waals surface area contributed by atoms with Gasteiger partial charge in [-0.15, -0.1) is 5.10 Å². The Balaban J connectivity index is 1.88. The molecule has 1 saturated heterocycles. The zero-order valence-electron chi connectivity index (χ0n) is 13.9. The van der Waals surface area contributed by atoms with Gasteiger partial charge in [-0.25, -0.2) is 4.98 Å². The summed E-state index contributed by atoms with van der Waals surface area (Å²) in [6.45, 7) is 12.3. The van der Waals surface area contributed by atoms with E-state index in [9.17, 15) is 0 Å². The Labute approximate surface area is 128 Å². The molecule has 1 aromatic rings. The van der Waals surface area contributed by atoms with Gasteiger partial charge in [-0.1, -0.05) is 27.7 Å². The molecule has 5 nitrogen and oxygen atoms in total. The summed E-state index contributed by atoms with van der Waals surface area (Å²) in [5, 5.41) is 12.0. The summed E-state index contributed by atoms with van der Waals surface area (Å²) in [4.78, 5) is 7.18. The Hall–Kier alpha value is -1.23. The maximum atomic E-state index is 4.63. The van der Waals surface area contributed by atoms with Gasteiger partial charge in [0.05, 0.1) is 11.4 Å². The molecule has 1 fully saturated rings. The van der Waals surface area contributed by atoms with E-state index in [1.165, 1.54) is 6.54 Å². The van der Waals surface area contributed by atoms with Crippen LogP contribution in [0.25, 0.3) is 0 Å². The van der Waals surface area contributed by atoms with Crippen molar-refractivity contribution in [3.8, 4) is 0 Å². The lowest BCUT2D eigenvalue weighted by Crippen LogP contribution is -2.41. The molecule has 0 aliphatic carbocycles. The minimum absolute atomic E-state index is 0.479. The Morgan fingerprint density at radius 3 is 2.33 bits per heavy atom. The van der Waals surface area contributed by atoms with E-state index in [4.69, 9.17) is 0 Å². The maximum Gasteiger partial charge on any atom is 0.243 e. The van der Waals surface area contributed by atoms with E-state index in [-0.39, 0.29) is 0 Å². The lowest BCUT2D eigenvalue weighted by atomic mass is 10.0. The fourth-order valence-corrected chi connectivity index (χ4v) is 2.96. The Morgan fingerprint density at radius 1 is 1.10 bits per heavy atom. The highest BCUT2D eigenvalue weighted by atomic mass is 15.3. The summed E-state index contributed by atoms with van der Waals surface area (Å²) in [6, 6.07) is 0.479. The van der Waals surface area contributed by atoms with Crippen LogP contribution in [-0.4, -0.2) is 45.8 Å². The third-order valence-electron chi connectivity index (χ3n) is 4.05. The summed E-state index contributed by atoms with van der Waals surface area (Å²) in [5.41, 5.74) is 2.10. The molecule has 0 radical (unpaired) electrons. The second kappa shape index (κ2) is 7.69. The van der Waals surface area contributed by atoms with Crippen LogP contribution >= 0.6 is 0 Å². The molecule has 2 heterocycles. The van der Waals surface area contributed by atoms with Gasteiger partial charge in [-0.3, -0.25) is 0 Å². The van der Waals surface area contributed by atoms with Crippen molar-refractivity contribution in [3.05, 3.63) is 11.4 Å². The van der Waals surface area contributed by atoms with Crippen LogP contribution in [0.15, 0.2) is 0 Å². The number of rotatable bonds is 6. The summed E-state index contributed by atoms with van der Waals surface area (Å²) < 4.78 is 0. The number of nitrogens with zero attached hydrogens (tertiary/aromatic N) is 4. The number of hydrogen-bond donors (Lipinski definition) is 1. The molecule has 5 heteroatoms. The predicted octanol–water partition coefficient (Wildman–Crippen LogP) is 2.53. The molecule has 21 heavy (non-hydrogen) atoms. The van der Waals surface area contributed by atoms with Crippen molar-refractivity contribution >= 4 is 5.95 Å². The Kier molecular flexibility index (Phi) is 5.91. The second-order valence-corrected chi connectivity index (χ2v) is 6.35. The SMILES string of the molecule is CCc1nnc(NC2CCN(CC(C)C)CC2)nc1CC. The first-order valence-corrected chi connectivity index (χ1v) is 8.33. The highest BCUT2D eigenvalue weighted by Gasteiger charge is 2.20. The molecular formula is C16H29N5. The van der Waals surface area contributed by atoms with E-state index < -0.39 is 0 Å². The minimum Gasteiger partial charge on any atom is -0.350 e. The van der Waals surface area contributed by atoms with Gasteiger partial charge < -0.3 is 10.2 Å². The lowest BCUT2D eigenvalue weighted by Gasteiger charge is -2.33. The van der Waals surface area contributed by atoms with Crippen LogP contribution in [0.1, 0.15) is 51.9 Å². The van der Waals surface area contributed by atoms with Crippen LogP contribution < -0.4 is 5.32 Å². The molecule has 118 valence electrons. The van der Waals surface area contributed by atoms with Gasteiger partial charge in [-0.05, 0) is 31.6 Å². The zero-order valence-corrected chi connectivity index (χ0v) is 13.9. The molecule has 1 aromatic heterocycles. The van der Waals surface area contributed by atoms with Gasteiger partial charge in [0.1, 0.15) is 0 Å². The molecule has 0 unspecified atom stereocenters. The van der Waals surface area contributed by atoms with E-state index in [0.717, 1.165) is 56.1 Å². The summed E-state index contributed by atoms with van der Waals surface area (Å²) in [7, 11) is 0. The molecule has 0 bridgehead atoms. The number of likely N-dealkylation sites (tertiary alicyclic amines) is 1. The van der Waals surface area contributed by atoms with Gasteiger partial charge in [0.15, 0.2) is 0 Å². The topological polar surface area (TPSA) is 53.9 Å². The predicted molar refractivity (Wildman–Crippen MR) is 86.5 cm³/mol. The number of piperidine rings is 1. The highest BCUT2D eigenvalue weighted by molar-refractivity contribution is 5.27. The third-order valence-corrected chi connectivity index (χ3v) is 4.05. The van der Waals surface area contributed by atoms with Crippen LogP contribution in [0.4, 0.5) is 5.95 Å². The van der Waals surface area contributed by atoms with Crippen molar-refractivity contribution in [3.63, 3.8) is 0 Å². The normalized spacial score (nSPS) is 17.4. The molecule has 0 atom stereocenters. The van der Waals surface area contributed by atoms with Crippen LogP contribution in [-0.2, 0) is 12.8 Å². The minimum atomic E-state index is 0.479.